The minimum atomic E-state index is 0.0254. The highest BCUT2D eigenvalue weighted by molar-refractivity contribution is 4.77. The molecule has 11 heavy (non-hydrogen) atoms. The molecule has 3 nitrogen and oxygen atoms in total. The number of hydrogen-bond donors (Lipinski definition) is 1. The lowest BCUT2D eigenvalue weighted by atomic mass is 9.97. The van der Waals surface area contributed by atoms with Crippen LogP contribution in [0.15, 0.2) is 0 Å². The highest BCUT2D eigenvalue weighted by atomic mass is 16.5. The molecule has 1 aliphatic rings. The van der Waals surface area contributed by atoms with Gasteiger partial charge >= 0.3 is 0 Å². The van der Waals surface area contributed by atoms with E-state index in [4.69, 9.17) is 15.2 Å². The molecule has 1 saturated heterocycles. The summed E-state index contributed by atoms with van der Waals surface area (Å²) < 4.78 is 10.8. The van der Waals surface area contributed by atoms with E-state index < -0.39 is 0 Å². The molecule has 0 aliphatic carbocycles. The molecule has 1 heterocycles. The van der Waals surface area contributed by atoms with E-state index >= 15 is 0 Å². The van der Waals surface area contributed by atoms with Gasteiger partial charge in [-0.05, 0) is 19.8 Å². The molecule has 2 N–H and O–H groups in total. The fourth-order valence-corrected chi connectivity index (χ4v) is 1.25. The SMILES string of the molecule is CC1(OCCN)CCOCC1. The zero-order valence-corrected chi connectivity index (χ0v) is 7.14. The Morgan fingerprint density at radius 2 is 2.09 bits per heavy atom. The first-order valence-electron chi connectivity index (χ1n) is 4.19. The lowest BCUT2D eigenvalue weighted by Gasteiger charge is -2.33. The van der Waals surface area contributed by atoms with E-state index in [1.807, 2.05) is 0 Å². The smallest absolute Gasteiger partial charge is 0.0699 e. The molecule has 0 amide bonds. The normalized spacial score (nSPS) is 23.5. The molecule has 0 aromatic heterocycles. The van der Waals surface area contributed by atoms with Gasteiger partial charge in [0.2, 0.25) is 0 Å². The van der Waals surface area contributed by atoms with Gasteiger partial charge in [0.25, 0.3) is 0 Å². The van der Waals surface area contributed by atoms with Gasteiger partial charge in [-0.15, -0.1) is 0 Å². The van der Waals surface area contributed by atoms with Crippen LogP contribution in [-0.4, -0.2) is 32.0 Å². The van der Waals surface area contributed by atoms with Gasteiger partial charge in [-0.25, -0.2) is 0 Å². The van der Waals surface area contributed by atoms with Gasteiger partial charge in [0.05, 0.1) is 12.2 Å². The van der Waals surface area contributed by atoms with E-state index in [9.17, 15) is 0 Å². The quantitative estimate of drug-likeness (QED) is 0.653. The summed E-state index contributed by atoms with van der Waals surface area (Å²) in [5, 5.41) is 0. The van der Waals surface area contributed by atoms with Crippen molar-refractivity contribution in [3.8, 4) is 0 Å². The van der Waals surface area contributed by atoms with Gasteiger partial charge in [-0.1, -0.05) is 0 Å². The van der Waals surface area contributed by atoms with Gasteiger partial charge in [-0.2, -0.15) is 0 Å². The molecule has 1 aliphatic heterocycles. The molecular formula is C8H17NO2. The van der Waals surface area contributed by atoms with Crippen LogP contribution in [0.5, 0.6) is 0 Å². The van der Waals surface area contributed by atoms with Gasteiger partial charge in [-0.3, -0.25) is 0 Å². The van der Waals surface area contributed by atoms with Crippen LogP contribution < -0.4 is 5.73 Å². The van der Waals surface area contributed by atoms with Gasteiger partial charge < -0.3 is 15.2 Å². The maximum Gasteiger partial charge on any atom is 0.0699 e. The van der Waals surface area contributed by atoms with E-state index in [0.717, 1.165) is 26.1 Å². The first-order valence-corrected chi connectivity index (χ1v) is 4.19. The van der Waals surface area contributed by atoms with E-state index in [1.165, 1.54) is 0 Å². The largest absolute Gasteiger partial charge is 0.381 e. The number of ether oxygens (including phenoxy) is 2. The molecule has 0 atom stereocenters. The third-order valence-corrected chi connectivity index (χ3v) is 2.12. The number of nitrogens with two attached hydrogens (primary N) is 1. The average Bonchev–Trinajstić information content (AvgIpc) is 2.03. The van der Waals surface area contributed by atoms with Crippen molar-refractivity contribution in [2.24, 2.45) is 5.73 Å². The van der Waals surface area contributed by atoms with Crippen LogP contribution in [0.4, 0.5) is 0 Å². The molecule has 3 heteroatoms. The van der Waals surface area contributed by atoms with Crippen LogP contribution in [0.2, 0.25) is 0 Å². The highest BCUT2D eigenvalue weighted by Gasteiger charge is 2.27. The zero-order chi connectivity index (χ0) is 8.16. The van der Waals surface area contributed by atoms with Gasteiger partial charge in [0.1, 0.15) is 0 Å². The van der Waals surface area contributed by atoms with Crippen molar-refractivity contribution in [2.45, 2.75) is 25.4 Å². The predicted octanol–water partition coefficient (Wildman–Crippen LogP) is 0.531. The van der Waals surface area contributed by atoms with Crippen LogP contribution >= 0.6 is 0 Å². The van der Waals surface area contributed by atoms with Crippen LogP contribution in [0.3, 0.4) is 0 Å². The molecule has 66 valence electrons. The Bertz CT molecular complexity index is 111. The van der Waals surface area contributed by atoms with Crippen molar-refractivity contribution in [2.75, 3.05) is 26.4 Å². The van der Waals surface area contributed by atoms with Crippen LogP contribution in [0.1, 0.15) is 19.8 Å². The predicted molar refractivity (Wildman–Crippen MR) is 43.5 cm³/mol. The summed E-state index contributed by atoms with van der Waals surface area (Å²) in [6, 6.07) is 0. The molecule has 0 saturated carbocycles. The van der Waals surface area contributed by atoms with Crippen molar-refractivity contribution in [3.63, 3.8) is 0 Å². The summed E-state index contributed by atoms with van der Waals surface area (Å²) in [4.78, 5) is 0. The summed E-state index contributed by atoms with van der Waals surface area (Å²) in [7, 11) is 0. The Hall–Kier alpha value is -0.120. The van der Waals surface area contributed by atoms with Crippen LogP contribution in [0.25, 0.3) is 0 Å². The van der Waals surface area contributed by atoms with Crippen molar-refractivity contribution < 1.29 is 9.47 Å². The second-order valence-electron chi connectivity index (χ2n) is 3.20. The highest BCUT2D eigenvalue weighted by Crippen LogP contribution is 2.23. The fourth-order valence-electron chi connectivity index (χ4n) is 1.25. The molecule has 0 aromatic carbocycles. The van der Waals surface area contributed by atoms with Crippen molar-refractivity contribution in [1.82, 2.24) is 0 Å². The van der Waals surface area contributed by atoms with E-state index in [-0.39, 0.29) is 5.60 Å². The van der Waals surface area contributed by atoms with Crippen molar-refractivity contribution in [3.05, 3.63) is 0 Å². The molecule has 1 fully saturated rings. The van der Waals surface area contributed by atoms with E-state index in [0.29, 0.717) is 13.2 Å². The lowest BCUT2D eigenvalue weighted by Crippen LogP contribution is -2.37. The number of hydrogen-bond acceptors (Lipinski definition) is 3. The number of rotatable bonds is 3. The standard InChI is InChI=1S/C8H17NO2/c1-8(11-7-4-9)2-5-10-6-3-8/h2-7,9H2,1H3. The first kappa shape index (κ1) is 8.97. The second-order valence-corrected chi connectivity index (χ2v) is 3.20. The summed E-state index contributed by atoms with van der Waals surface area (Å²) >= 11 is 0. The second kappa shape index (κ2) is 4.04. The molecule has 0 spiro atoms. The van der Waals surface area contributed by atoms with E-state index in [2.05, 4.69) is 6.92 Å². The van der Waals surface area contributed by atoms with Gasteiger partial charge in [0, 0.05) is 19.8 Å². The van der Waals surface area contributed by atoms with Gasteiger partial charge in [0.15, 0.2) is 0 Å². The Balaban J connectivity index is 2.25. The zero-order valence-electron chi connectivity index (χ0n) is 7.14. The van der Waals surface area contributed by atoms with Crippen molar-refractivity contribution >= 4 is 0 Å². The summed E-state index contributed by atoms with van der Waals surface area (Å²) in [6.07, 6.45) is 1.99. The molecule has 0 radical (unpaired) electrons. The Morgan fingerprint density at radius 3 is 2.64 bits per heavy atom. The third kappa shape index (κ3) is 2.77. The minimum absolute atomic E-state index is 0.0254. The maximum absolute atomic E-state index is 5.61. The summed E-state index contributed by atoms with van der Waals surface area (Å²) in [5.74, 6) is 0. The maximum atomic E-state index is 5.61. The lowest BCUT2D eigenvalue weighted by molar-refractivity contribution is -0.0965. The van der Waals surface area contributed by atoms with Crippen LogP contribution in [-0.2, 0) is 9.47 Å². The Kier molecular flexibility index (Phi) is 3.30. The monoisotopic (exact) mass is 159 g/mol. The molecule has 0 unspecified atom stereocenters. The third-order valence-electron chi connectivity index (χ3n) is 2.12. The topological polar surface area (TPSA) is 44.5 Å². The summed E-state index contributed by atoms with van der Waals surface area (Å²) in [5.41, 5.74) is 5.37. The van der Waals surface area contributed by atoms with E-state index in [1.54, 1.807) is 0 Å². The van der Waals surface area contributed by atoms with Crippen LogP contribution in [0, 0.1) is 0 Å². The molecular weight excluding hydrogens is 142 g/mol. The Morgan fingerprint density at radius 1 is 1.45 bits per heavy atom. The van der Waals surface area contributed by atoms with Crippen molar-refractivity contribution in [1.29, 1.82) is 0 Å². The summed E-state index contributed by atoms with van der Waals surface area (Å²) in [6.45, 7) is 5.04. The average molecular weight is 159 g/mol. The molecule has 1 rings (SSSR count). The fraction of sp³-hybridized carbons (Fsp3) is 1.00. The molecule has 0 bridgehead atoms. The first-order chi connectivity index (χ1) is 5.27. The minimum Gasteiger partial charge on any atom is -0.381 e. The Labute approximate surface area is 67.9 Å². The molecule has 0 aromatic rings.